The molecule has 4 aromatic carbocycles. The summed E-state index contributed by atoms with van der Waals surface area (Å²) in [6.45, 7) is 0. The molecule has 4 fully saturated rings. The van der Waals surface area contributed by atoms with Crippen LogP contribution in [0.5, 0.6) is 0 Å². The second-order valence-corrected chi connectivity index (χ2v) is 9.11. The second-order valence-electron chi connectivity index (χ2n) is 9.11. The van der Waals surface area contributed by atoms with E-state index in [2.05, 4.69) is 72.8 Å². The molecule has 0 saturated heterocycles. The van der Waals surface area contributed by atoms with Gasteiger partial charge in [0, 0.05) is 0 Å². The fraction of sp³-hybridized carbons (Fsp3) is 0.214. The fourth-order valence-electron chi connectivity index (χ4n) is 6.98. The number of nitriles is 2. The summed E-state index contributed by atoms with van der Waals surface area (Å²) in [5.41, 5.74) is 4.42. The lowest BCUT2D eigenvalue weighted by molar-refractivity contribution is 0.457. The van der Waals surface area contributed by atoms with Crippen molar-refractivity contribution in [2.45, 2.75) is 12.8 Å². The third-order valence-electron chi connectivity index (χ3n) is 8.04. The number of nitrogens with zero attached hydrogens (tertiary/aromatic N) is 2. The van der Waals surface area contributed by atoms with Crippen LogP contribution in [0.3, 0.4) is 0 Å². The van der Waals surface area contributed by atoms with Crippen molar-refractivity contribution in [2.75, 3.05) is 0 Å². The van der Waals surface area contributed by atoms with Crippen LogP contribution in [0.2, 0.25) is 0 Å². The summed E-state index contributed by atoms with van der Waals surface area (Å²) >= 11 is 0. The van der Waals surface area contributed by atoms with Gasteiger partial charge >= 0.3 is 0 Å². The first-order chi connectivity index (χ1) is 14.8. The lowest BCUT2D eigenvalue weighted by atomic mass is 9.86. The van der Waals surface area contributed by atoms with E-state index in [1.165, 1.54) is 43.5 Å². The van der Waals surface area contributed by atoms with E-state index in [1.807, 2.05) is 0 Å². The van der Waals surface area contributed by atoms with Crippen LogP contribution in [-0.2, 0) is 0 Å². The quantitative estimate of drug-likeness (QED) is 0.275. The van der Waals surface area contributed by atoms with Crippen LogP contribution < -0.4 is 0 Å². The molecule has 4 aliphatic carbocycles. The summed E-state index contributed by atoms with van der Waals surface area (Å²) in [6, 6.07) is 24.4. The topological polar surface area (TPSA) is 47.6 Å². The zero-order valence-corrected chi connectivity index (χ0v) is 16.4. The monoisotopic (exact) mass is 382 g/mol. The molecule has 4 saturated carbocycles. The maximum Gasteiger partial charge on any atom is 0.129 e. The first kappa shape index (κ1) is 16.2. The SMILES string of the molecule is N#CC(C#N)=C1[C@H]2C[C@@H]3C(=Cc4ccc5ccc6cccc7ccc4c5c67)[C@H]2C[C@H]13. The highest BCUT2D eigenvalue weighted by Gasteiger charge is 2.60. The predicted molar refractivity (Wildman–Crippen MR) is 120 cm³/mol. The molecule has 4 atom stereocenters. The number of hydrogen-bond donors (Lipinski definition) is 0. The van der Waals surface area contributed by atoms with Crippen molar-refractivity contribution < 1.29 is 0 Å². The maximum atomic E-state index is 9.36. The molecule has 8 rings (SSSR count). The Kier molecular flexibility index (Phi) is 2.97. The van der Waals surface area contributed by atoms with Crippen molar-refractivity contribution in [3.8, 4) is 12.1 Å². The Labute approximate surface area is 174 Å². The molecule has 0 N–H and O–H groups in total. The molecule has 0 spiro atoms. The van der Waals surface area contributed by atoms with Crippen LogP contribution in [0, 0.1) is 46.3 Å². The molecule has 4 aromatic rings. The molecular weight excluding hydrogens is 364 g/mol. The van der Waals surface area contributed by atoms with Crippen molar-refractivity contribution in [1.29, 1.82) is 10.5 Å². The highest BCUT2D eigenvalue weighted by Crippen LogP contribution is 2.69. The predicted octanol–water partition coefficient (Wildman–Crippen LogP) is 6.60. The van der Waals surface area contributed by atoms with E-state index in [1.54, 1.807) is 5.57 Å². The zero-order valence-electron chi connectivity index (χ0n) is 16.4. The Morgan fingerprint density at radius 1 is 0.733 bits per heavy atom. The Balaban J connectivity index is 1.41. The van der Waals surface area contributed by atoms with Crippen molar-refractivity contribution in [1.82, 2.24) is 0 Å². The molecule has 140 valence electrons. The highest BCUT2D eigenvalue weighted by molar-refractivity contribution is 6.24. The Bertz CT molecular complexity index is 1480. The summed E-state index contributed by atoms with van der Waals surface area (Å²) in [7, 11) is 0. The van der Waals surface area contributed by atoms with Gasteiger partial charge in [-0.3, -0.25) is 0 Å². The van der Waals surface area contributed by atoms with E-state index in [4.69, 9.17) is 0 Å². The summed E-state index contributed by atoms with van der Waals surface area (Å²) in [5, 5.41) is 26.7. The lowest BCUT2D eigenvalue weighted by Gasteiger charge is -2.17. The lowest BCUT2D eigenvalue weighted by Crippen LogP contribution is -2.07. The van der Waals surface area contributed by atoms with E-state index in [0.717, 1.165) is 12.8 Å². The normalized spacial score (nSPS) is 26.2. The highest BCUT2D eigenvalue weighted by atomic mass is 14.6. The average Bonchev–Trinajstić information content (AvgIpc) is 3.51. The van der Waals surface area contributed by atoms with E-state index in [-0.39, 0.29) is 0 Å². The van der Waals surface area contributed by atoms with Crippen LogP contribution in [0.25, 0.3) is 38.4 Å². The van der Waals surface area contributed by atoms with Crippen molar-refractivity contribution >= 4 is 38.4 Å². The van der Waals surface area contributed by atoms with Gasteiger partial charge in [0.1, 0.15) is 17.7 Å². The van der Waals surface area contributed by atoms with Gasteiger partial charge in [-0.05, 0) is 80.0 Å². The molecule has 4 bridgehead atoms. The van der Waals surface area contributed by atoms with Crippen molar-refractivity contribution in [2.24, 2.45) is 23.7 Å². The number of benzene rings is 4. The number of rotatable bonds is 1. The molecule has 0 heterocycles. The van der Waals surface area contributed by atoms with Crippen molar-refractivity contribution in [3.63, 3.8) is 0 Å². The van der Waals surface area contributed by atoms with Gasteiger partial charge in [0.25, 0.3) is 0 Å². The smallest absolute Gasteiger partial charge is 0.129 e. The standard InChI is InChI=1S/C28H18N2/c29-13-19(14-30)27-24-11-22-21(23(24)12-25(22)27)10-18-7-6-17-5-4-15-2-1-3-16-8-9-20(18)28(17)26(15)16/h1-10,22-25H,11-12H2/t22-,23-,24+,25+/m1/s1. The first-order valence-electron chi connectivity index (χ1n) is 10.7. The molecule has 2 heteroatoms. The maximum absolute atomic E-state index is 9.36. The molecular formula is C28H18N2. The average molecular weight is 382 g/mol. The van der Waals surface area contributed by atoms with Crippen LogP contribution >= 0.6 is 0 Å². The molecule has 30 heavy (non-hydrogen) atoms. The van der Waals surface area contributed by atoms with Gasteiger partial charge in [-0.2, -0.15) is 10.5 Å². The van der Waals surface area contributed by atoms with Crippen LogP contribution in [0.4, 0.5) is 0 Å². The van der Waals surface area contributed by atoms with E-state index in [9.17, 15) is 10.5 Å². The van der Waals surface area contributed by atoms with E-state index in [0.29, 0.717) is 29.2 Å². The second kappa shape index (κ2) is 5.50. The molecule has 0 aromatic heterocycles. The van der Waals surface area contributed by atoms with Crippen LogP contribution in [0.1, 0.15) is 18.4 Å². The Morgan fingerprint density at radius 3 is 2.00 bits per heavy atom. The van der Waals surface area contributed by atoms with Gasteiger partial charge in [0.15, 0.2) is 0 Å². The van der Waals surface area contributed by atoms with E-state index >= 15 is 0 Å². The molecule has 0 aliphatic heterocycles. The minimum Gasteiger partial charge on any atom is -0.192 e. The van der Waals surface area contributed by atoms with Gasteiger partial charge < -0.3 is 0 Å². The summed E-state index contributed by atoms with van der Waals surface area (Å²) in [5.74, 6) is 1.87. The number of allylic oxidation sites excluding steroid dienone is 3. The first-order valence-corrected chi connectivity index (χ1v) is 10.7. The minimum absolute atomic E-state index is 0.386. The van der Waals surface area contributed by atoms with Crippen LogP contribution in [0.15, 0.2) is 71.3 Å². The summed E-state index contributed by atoms with van der Waals surface area (Å²) in [4.78, 5) is 0. The van der Waals surface area contributed by atoms with Crippen LogP contribution in [-0.4, -0.2) is 0 Å². The Hall–Kier alpha value is -3.62. The largest absolute Gasteiger partial charge is 0.192 e. The summed E-state index contributed by atoms with van der Waals surface area (Å²) in [6.07, 6.45) is 4.68. The third kappa shape index (κ3) is 1.83. The Morgan fingerprint density at radius 2 is 1.33 bits per heavy atom. The van der Waals surface area contributed by atoms with Crippen molar-refractivity contribution in [3.05, 3.63) is 76.9 Å². The fourth-order valence-corrected chi connectivity index (χ4v) is 6.98. The van der Waals surface area contributed by atoms with Gasteiger partial charge in [0.2, 0.25) is 0 Å². The molecule has 0 unspecified atom stereocenters. The summed E-state index contributed by atoms with van der Waals surface area (Å²) < 4.78 is 0. The molecule has 0 radical (unpaired) electrons. The molecule has 2 nitrogen and oxygen atoms in total. The van der Waals surface area contributed by atoms with Gasteiger partial charge in [0.05, 0.1) is 0 Å². The van der Waals surface area contributed by atoms with Gasteiger partial charge in [-0.15, -0.1) is 0 Å². The minimum atomic E-state index is 0.386. The van der Waals surface area contributed by atoms with Gasteiger partial charge in [-0.25, -0.2) is 0 Å². The molecule has 0 amide bonds. The zero-order chi connectivity index (χ0) is 20.0. The number of hydrogen-bond acceptors (Lipinski definition) is 2. The van der Waals surface area contributed by atoms with Gasteiger partial charge in [-0.1, -0.05) is 66.2 Å². The molecule has 4 aliphatic rings. The third-order valence-corrected chi connectivity index (χ3v) is 8.04. The van der Waals surface area contributed by atoms with E-state index < -0.39 is 0 Å².